The van der Waals surface area contributed by atoms with Crippen LogP contribution in [-0.2, 0) is 14.3 Å². The molecule has 3 aromatic rings. The predicted molar refractivity (Wildman–Crippen MR) is 180 cm³/mol. The lowest BCUT2D eigenvalue weighted by Crippen LogP contribution is -2.48. The first kappa shape index (κ1) is 32.7. The van der Waals surface area contributed by atoms with Gasteiger partial charge in [0.05, 0.1) is 34.3 Å². The molecule has 0 spiro atoms. The Labute approximate surface area is 276 Å². The number of hydrogen-bond acceptors (Lipinski definition) is 9. The minimum Gasteiger partial charge on any atom is -0.373 e. The highest BCUT2D eigenvalue weighted by molar-refractivity contribution is 7.13. The molecular formula is C35H48N6O4S. The van der Waals surface area contributed by atoms with Gasteiger partial charge in [-0.3, -0.25) is 9.59 Å². The quantitative estimate of drug-likeness (QED) is 0.312. The number of nitrogens with one attached hydrogen (secondary N) is 1. The Morgan fingerprint density at radius 2 is 1.76 bits per heavy atom. The average molecular weight is 649 g/mol. The van der Waals surface area contributed by atoms with Crippen LogP contribution < -0.4 is 10.2 Å². The summed E-state index contributed by atoms with van der Waals surface area (Å²) < 4.78 is 12.2. The lowest BCUT2D eigenvalue weighted by molar-refractivity contribution is -0.141. The number of thiazole rings is 1. The average Bonchev–Trinajstić information content (AvgIpc) is 3.86. The van der Waals surface area contributed by atoms with E-state index in [1.807, 2.05) is 39.3 Å². The lowest BCUT2D eigenvalue weighted by Gasteiger charge is -2.33. The van der Waals surface area contributed by atoms with Crippen LogP contribution in [0.5, 0.6) is 0 Å². The standard InChI is InChI=1S/C35H48N6O4S/c1-22(2)32(30-19-31(38-45-30)40-17-13-27(14-18-40)44-28-12-16-39(5)20-28)35(43)41-15-6-7-29(41)34(42)37-23(3)25-8-10-26(11-9-25)33-24(4)36-21-46-33/h8-11,19,21-23,27-29,32H,6-7,12-18,20H2,1-5H3,(H,37,42). The zero-order valence-corrected chi connectivity index (χ0v) is 28.6. The summed E-state index contributed by atoms with van der Waals surface area (Å²) in [6.45, 7) is 12.4. The van der Waals surface area contributed by atoms with Crippen molar-refractivity contribution in [1.29, 1.82) is 0 Å². The number of aryl methyl sites for hydroxylation is 1. The highest BCUT2D eigenvalue weighted by atomic mass is 32.1. The van der Waals surface area contributed by atoms with Crippen molar-refractivity contribution >= 4 is 29.0 Å². The van der Waals surface area contributed by atoms with E-state index in [2.05, 4.69) is 56.6 Å². The minimum atomic E-state index is -0.505. The van der Waals surface area contributed by atoms with Crippen LogP contribution in [-0.4, -0.2) is 89.8 Å². The maximum absolute atomic E-state index is 14.1. The number of aromatic nitrogens is 2. The summed E-state index contributed by atoms with van der Waals surface area (Å²) in [5.41, 5.74) is 5.02. The number of rotatable bonds is 10. The van der Waals surface area contributed by atoms with Gasteiger partial charge in [0, 0.05) is 38.8 Å². The molecule has 5 heterocycles. The van der Waals surface area contributed by atoms with Crippen molar-refractivity contribution in [3.63, 3.8) is 0 Å². The number of amides is 2. The van der Waals surface area contributed by atoms with E-state index in [1.165, 1.54) is 0 Å². The molecule has 4 unspecified atom stereocenters. The summed E-state index contributed by atoms with van der Waals surface area (Å²) in [5, 5.41) is 7.57. The lowest BCUT2D eigenvalue weighted by atomic mass is 9.91. The van der Waals surface area contributed by atoms with Crippen LogP contribution in [0.4, 0.5) is 5.82 Å². The Kier molecular flexibility index (Phi) is 10.1. The number of piperidine rings is 1. The number of likely N-dealkylation sites (tertiary alicyclic amines) is 2. The van der Waals surface area contributed by atoms with Gasteiger partial charge in [-0.15, -0.1) is 11.3 Å². The molecule has 248 valence electrons. The Bertz CT molecular complexity index is 1480. The Balaban J connectivity index is 1.06. The van der Waals surface area contributed by atoms with Crippen LogP contribution in [0.15, 0.2) is 40.4 Å². The second-order valence-corrected chi connectivity index (χ2v) is 14.5. The van der Waals surface area contributed by atoms with Crippen molar-refractivity contribution in [2.45, 2.75) is 90.0 Å². The smallest absolute Gasteiger partial charge is 0.243 e. The molecule has 0 bridgehead atoms. The van der Waals surface area contributed by atoms with Gasteiger partial charge in [-0.25, -0.2) is 4.98 Å². The molecule has 3 fully saturated rings. The van der Waals surface area contributed by atoms with Crippen LogP contribution in [0.25, 0.3) is 10.4 Å². The number of hydrogen-bond donors (Lipinski definition) is 1. The second kappa shape index (κ2) is 14.2. The van der Waals surface area contributed by atoms with E-state index >= 15 is 0 Å². The van der Waals surface area contributed by atoms with Gasteiger partial charge < -0.3 is 29.3 Å². The molecule has 2 aromatic heterocycles. The number of benzene rings is 1. The van der Waals surface area contributed by atoms with E-state index < -0.39 is 12.0 Å². The van der Waals surface area contributed by atoms with Crippen LogP contribution in [0, 0.1) is 12.8 Å². The summed E-state index contributed by atoms with van der Waals surface area (Å²) in [5.74, 6) is 0.638. The maximum Gasteiger partial charge on any atom is 0.243 e. The van der Waals surface area contributed by atoms with Crippen LogP contribution in [0.3, 0.4) is 0 Å². The number of carbonyl (C=O) groups excluding carboxylic acids is 2. The molecule has 3 aliphatic heterocycles. The molecule has 1 aromatic carbocycles. The topological polar surface area (TPSA) is 104 Å². The highest BCUT2D eigenvalue weighted by Gasteiger charge is 2.41. The molecule has 46 heavy (non-hydrogen) atoms. The molecule has 3 aliphatic rings. The molecule has 2 amide bonds. The molecule has 1 N–H and O–H groups in total. The molecule has 0 aliphatic carbocycles. The van der Waals surface area contributed by atoms with E-state index in [0.29, 0.717) is 24.8 Å². The number of carbonyl (C=O) groups is 2. The summed E-state index contributed by atoms with van der Waals surface area (Å²) in [6, 6.07) is 9.50. The number of nitrogens with zero attached hydrogens (tertiary/aromatic N) is 5. The Morgan fingerprint density at radius 1 is 1.02 bits per heavy atom. The number of ether oxygens (including phenoxy) is 1. The van der Waals surface area contributed by atoms with Crippen LogP contribution >= 0.6 is 11.3 Å². The maximum atomic E-state index is 14.1. The fourth-order valence-electron chi connectivity index (χ4n) is 7.19. The van der Waals surface area contributed by atoms with Crippen molar-refractivity contribution in [2.75, 3.05) is 44.7 Å². The van der Waals surface area contributed by atoms with Gasteiger partial charge in [-0.2, -0.15) is 0 Å². The van der Waals surface area contributed by atoms with E-state index in [0.717, 1.165) is 79.4 Å². The molecular weight excluding hydrogens is 600 g/mol. The molecule has 6 rings (SSSR count). The monoisotopic (exact) mass is 648 g/mol. The van der Waals surface area contributed by atoms with E-state index in [1.54, 1.807) is 16.2 Å². The summed E-state index contributed by atoms with van der Waals surface area (Å²) in [7, 11) is 2.15. The van der Waals surface area contributed by atoms with Crippen molar-refractivity contribution in [1.82, 2.24) is 25.3 Å². The van der Waals surface area contributed by atoms with Gasteiger partial charge in [-0.05, 0) is 70.0 Å². The van der Waals surface area contributed by atoms with Crippen LogP contribution in [0.2, 0.25) is 0 Å². The third-order valence-corrected chi connectivity index (χ3v) is 10.8. The fourth-order valence-corrected chi connectivity index (χ4v) is 8.00. The van der Waals surface area contributed by atoms with Crippen molar-refractivity contribution in [3.05, 3.63) is 52.9 Å². The largest absolute Gasteiger partial charge is 0.373 e. The first-order valence-corrected chi connectivity index (χ1v) is 17.7. The predicted octanol–water partition coefficient (Wildman–Crippen LogP) is 5.40. The zero-order chi connectivity index (χ0) is 32.4. The molecule has 4 atom stereocenters. The molecule has 0 radical (unpaired) electrons. The highest BCUT2D eigenvalue weighted by Crippen LogP contribution is 2.34. The van der Waals surface area contributed by atoms with E-state index in [9.17, 15) is 9.59 Å². The van der Waals surface area contributed by atoms with Crippen molar-refractivity contribution in [3.8, 4) is 10.4 Å². The fraction of sp³-hybridized carbons (Fsp3) is 0.600. The van der Waals surface area contributed by atoms with Gasteiger partial charge >= 0.3 is 0 Å². The van der Waals surface area contributed by atoms with Gasteiger partial charge in [0.1, 0.15) is 12.0 Å². The third-order valence-electron chi connectivity index (χ3n) is 9.87. The van der Waals surface area contributed by atoms with Gasteiger partial charge in [0.15, 0.2) is 11.6 Å². The number of likely N-dealkylation sites (N-methyl/N-ethyl adjacent to an activating group) is 1. The van der Waals surface area contributed by atoms with Gasteiger partial charge in [0.2, 0.25) is 11.8 Å². The van der Waals surface area contributed by atoms with Crippen LogP contribution in [0.1, 0.15) is 81.9 Å². The zero-order valence-electron chi connectivity index (χ0n) is 27.8. The van der Waals surface area contributed by atoms with Gasteiger partial charge in [-0.1, -0.05) is 43.3 Å². The molecule has 11 heteroatoms. The molecule has 0 saturated carbocycles. The summed E-state index contributed by atoms with van der Waals surface area (Å²) in [6.07, 6.45) is 5.06. The summed E-state index contributed by atoms with van der Waals surface area (Å²) >= 11 is 1.63. The number of anilines is 1. The third kappa shape index (κ3) is 7.16. The minimum absolute atomic E-state index is 0.0130. The van der Waals surface area contributed by atoms with Crippen molar-refractivity contribution in [2.24, 2.45) is 5.92 Å². The molecule has 10 nitrogen and oxygen atoms in total. The van der Waals surface area contributed by atoms with E-state index in [4.69, 9.17) is 9.26 Å². The Morgan fingerprint density at radius 3 is 2.41 bits per heavy atom. The first-order valence-electron chi connectivity index (χ1n) is 16.8. The summed E-state index contributed by atoms with van der Waals surface area (Å²) in [4.78, 5) is 39.5. The first-order chi connectivity index (χ1) is 22.2. The Hall–Kier alpha value is -3.28. The SMILES string of the molecule is Cc1ncsc1-c1ccc(C(C)NC(=O)C2CCCN2C(=O)C(c2cc(N3CCC(OC4CCN(C)C4)CC3)no2)C(C)C)cc1. The van der Waals surface area contributed by atoms with Crippen molar-refractivity contribution < 1.29 is 18.8 Å². The molecule has 3 saturated heterocycles. The normalized spacial score (nSPS) is 22.5. The van der Waals surface area contributed by atoms with E-state index in [-0.39, 0.29) is 29.9 Å². The second-order valence-electron chi connectivity index (χ2n) is 13.6. The van der Waals surface area contributed by atoms with Gasteiger partial charge in [0.25, 0.3) is 0 Å².